The van der Waals surface area contributed by atoms with Gasteiger partial charge in [-0.3, -0.25) is 4.79 Å². The van der Waals surface area contributed by atoms with Gasteiger partial charge in [-0.25, -0.2) is 4.52 Å². The maximum Gasteiger partial charge on any atom is 0.257 e. The largest absolute Gasteiger partial charge is 0.338 e. The van der Waals surface area contributed by atoms with Crippen molar-refractivity contribution in [3.63, 3.8) is 0 Å². The quantitative estimate of drug-likeness (QED) is 0.841. The van der Waals surface area contributed by atoms with Crippen molar-refractivity contribution in [2.45, 2.75) is 6.42 Å². The lowest BCUT2D eigenvalue weighted by Crippen LogP contribution is -2.43. The summed E-state index contributed by atoms with van der Waals surface area (Å²) in [6, 6.07) is 5.81. The summed E-state index contributed by atoms with van der Waals surface area (Å²) in [4.78, 5) is 14.7. The van der Waals surface area contributed by atoms with E-state index >= 15 is 0 Å². The van der Waals surface area contributed by atoms with Crippen LogP contribution in [0.5, 0.6) is 0 Å². The average molecular weight is 270 g/mol. The fourth-order valence-corrected chi connectivity index (χ4v) is 3.49. The van der Waals surface area contributed by atoms with Crippen LogP contribution in [0.15, 0.2) is 30.6 Å². The second-order valence-corrected chi connectivity index (χ2v) is 5.81. The number of carbonyl (C=O) groups excluding carboxylic acids is 1. The number of nitrogens with zero attached hydrogens (tertiary/aromatic N) is 3. The van der Waals surface area contributed by atoms with Crippen LogP contribution in [-0.4, -0.2) is 46.6 Å². The Labute approximate surface area is 117 Å². The molecule has 2 aromatic heterocycles. The topological polar surface area (TPSA) is 49.6 Å². The lowest BCUT2D eigenvalue weighted by atomic mass is 9.88. The molecule has 104 valence electrons. The number of carbonyl (C=O) groups is 1. The van der Waals surface area contributed by atoms with Crippen LogP contribution in [-0.2, 0) is 0 Å². The number of hydrogen-bond donors (Lipinski definition) is 1. The molecule has 4 heterocycles. The number of fused-ring (bicyclic) bond motifs is 2. The molecule has 2 atom stereocenters. The van der Waals surface area contributed by atoms with Crippen molar-refractivity contribution >= 4 is 11.4 Å². The van der Waals surface area contributed by atoms with Crippen molar-refractivity contribution in [1.29, 1.82) is 0 Å². The number of likely N-dealkylation sites (tertiary alicyclic amines) is 1. The Balaban J connectivity index is 1.61. The first-order chi connectivity index (χ1) is 9.83. The summed E-state index contributed by atoms with van der Waals surface area (Å²) in [6.07, 6.45) is 4.68. The molecule has 1 amide bonds. The van der Waals surface area contributed by atoms with Gasteiger partial charge in [-0.1, -0.05) is 6.07 Å². The number of rotatable bonds is 1. The van der Waals surface area contributed by atoms with E-state index in [1.54, 1.807) is 10.7 Å². The smallest absolute Gasteiger partial charge is 0.257 e. The second-order valence-electron chi connectivity index (χ2n) is 5.81. The summed E-state index contributed by atoms with van der Waals surface area (Å²) >= 11 is 0. The molecule has 2 aromatic rings. The van der Waals surface area contributed by atoms with Crippen molar-refractivity contribution in [2.75, 3.05) is 26.2 Å². The molecule has 0 spiro atoms. The standard InChI is InChI=1S/C15H18N4O/c20-15(13-9-17-19-5-2-1-3-14(13)19)18-6-4-11-7-16-8-12(11)10-18/h1-3,5,9,11-12,16H,4,6-8,10H2. The molecule has 2 unspecified atom stereocenters. The zero-order valence-corrected chi connectivity index (χ0v) is 11.3. The van der Waals surface area contributed by atoms with Gasteiger partial charge in [0.15, 0.2) is 0 Å². The summed E-state index contributed by atoms with van der Waals surface area (Å²) in [5, 5.41) is 7.69. The summed E-state index contributed by atoms with van der Waals surface area (Å²) in [5.74, 6) is 1.49. The van der Waals surface area contributed by atoms with Gasteiger partial charge in [0.1, 0.15) is 0 Å². The monoisotopic (exact) mass is 270 g/mol. The fraction of sp³-hybridized carbons (Fsp3) is 0.467. The van der Waals surface area contributed by atoms with Crippen LogP contribution >= 0.6 is 0 Å². The number of nitrogens with one attached hydrogen (secondary N) is 1. The third kappa shape index (κ3) is 1.81. The molecule has 0 bridgehead atoms. The van der Waals surface area contributed by atoms with Gasteiger partial charge < -0.3 is 10.2 Å². The number of piperidine rings is 1. The Morgan fingerprint density at radius 2 is 2.20 bits per heavy atom. The molecular weight excluding hydrogens is 252 g/mol. The van der Waals surface area contributed by atoms with Gasteiger partial charge >= 0.3 is 0 Å². The Morgan fingerprint density at radius 3 is 3.15 bits per heavy atom. The highest BCUT2D eigenvalue weighted by atomic mass is 16.2. The molecule has 4 rings (SSSR count). The first-order valence-electron chi connectivity index (χ1n) is 7.25. The molecular formula is C15H18N4O. The predicted molar refractivity (Wildman–Crippen MR) is 75.6 cm³/mol. The van der Waals surface area contributed by atoms with Crippen LogP contribution in [0, 0.1) is 11.8 Å². The predicted octanol–water partition coefficient (Wildman–Crippen LogP) is 1.02. The second kappa shape index (κ2) is 4.59. The van der Waals surface area contributed by atoms with Gasteiger partial charge in [-0.15, -0.1) is 0 Å². The average Bonchev–Trinajstić information content (AvgIpc) is 3.12. The van der Waals surface area contributed by atoms with E-state index in [9.17, 15) is 4.79 Å². The van der Waals surface area contributed by atoms with Crippen molar-refractivity contribution in [3.05, 3.63) is 36.2 Å². The minimum atomic E-state index is 0.122. The molecule has 2 aliphatic rings. The van der Waals surface area contributed by atoms with Gasteiger partial charge in [0.2, 0.25) is 0 Å². The molecule has 2 saturated heterocycles. The SMILES string of the molecule is O=C(c1cnn2ccccc12)N1CCC2CNCC2C1. The highest BCUT2D eigenvalue weighted by Gasteiger charge is 2.35. The molecule has 0 saturated carbocycles. The minimum absolute atomic E-state index is 0.122. The van der Waals surface area contributed by atoms with Crippen molar-refractivity contribution in [1.82, 2.24) is 19.8 Å². The van der Waals surface area contributed by atoms with E-state index in [-0.39, 0.29) is 5.91 Å². The highest BCUT2D eigenvalue weighted by Crippen LogP contribution is 2.27. The first-order valence-corrected chi connectivity index (χ1v) is 7.25. The third-order valence-electron chi connectivity index (χ3n) is 4.65. The van der Waals surface area contributed by atoms with E-state index in [1.165, 1.54) is 0 Å². The lowest BCUT2D eigenvalue weighted by molar-refractivity contribution is 0.0644. The van der Waals surface area contributed by atoms with E-state index in [4.69, 9.17) is 0 Å². The van der Waals surface area contributed by atoms with E-state index in [0.29, 0.717) is 5.92 Å². The summed E-state index contributed by atoms with van der Waals surface area (Å²) in [7, 11) is 0. The number of hydrogen-bond acceptors (Lipinski definition) is 3. The van der Waals surface area contributed by atoms with Crippen LogP contribution < -0.4 is 5.32 Å². The zero-order valence-electron chi connectivity index (χ0n) is 11.3. The van der Waals surface area contributed by atoms with Gasteiger partial charge in [0.05, 0.1) is 17.3 Å². The highest BCUT2D eigenvalue weighted by molar-refractivity contribution is 6.00. The molecule has 2 aliphatic heterocycles. The molecule has 0 aliphatic carbocycles. The zero-order chi connectivity index (χ0) is 13.5. The molecule has 2 fully saturated rings. The van der Waals surface area contributed by atoms with E-state index < -0.39 is 0 Å². The fourth-order valence-electron chi connectivity index (χ4n) is 3.49. The van der Waals surface area contributed by atoms with Gasteiger partial charge in [0, 0.05) is 19.3 Å². The number of pyridine rings is 1. The van der Waals surface area contributed by atoms with Crippen molar-refractivity contribution < 1.29 is 4.79 Å². The molecule has 1 N–H and O–H groups in total. The van der Waals surface area contributed by atoms with Crippen molar-refractivity contribution in [2.24, 2.45) is 11.8 Å². The van der Waals surface area contributed by atoms with Gasteiger partial charge in [-0.2, -0.15) is 5.10 Å². The van der Waals surface area contributed by atoms with Crippen LogP contribution in [0.25, 0.3) is 5.52 Å². The van der Waals surface area contributed by atoms with E-state index in [0.717, 1.165) is 49.6 Å². The Bertz CT molecular complexity index is 650. The third-order valence-corrected chi connectivity index (χ3v) is 4.65. The molecule has 0 aromatic carbocycles. The Hall–Kier alpha value is -1.88. The maximum absolute atomic E-state index is 12.7. The van der Waals surface area contributed by atoms with Crippen LogP contribution in [0.2, 0.25) is 0 Å². The van der Waals surface area contributed by atoms with Crippen LogP contribution in [0.4, 0.5) is 0 Å². The van der Waals surface area contributed by atoms with Gasteiger partial charge in [0.25, 0.3) is 5.91 Å². The molecule has 20 heavy (non-hydrogen) atoms. The van der Waals surface area contributed by atoms with Crippen LogP contribution in [0.3, 0.4) is 0 Å². The minimum Gasteiger partial charge on any atom is -0.338 e. The summed E-state index contributed by atoms with van der Waals surface area (Å²) in [5.41, 5.74) is 1.61. The maximum atomic E-state index is 12.7. The van der Waals surface area contributed by atoms with Crippen molar-refractivity contribution in [3.8, 4) is 0 Å². The van der Waals surface area contributed by atoms with E-state index in [2.05, 4.69) is 10.4 Å². The van der Waals surface area contributed by atoms with Gasteiger partial charge in [-0.05, 0) is 43.5 Å². The lowest BCUT2D eigenvalue weighted by Gasteiger charge is -2.34. The van der Waals surface area contributed by atoms with Crippen LogP contribution in [0.1, 0.15) is 16.8 Å². The molecule has 5 heteroatoms. The number of aromatic nitrogens is 2. The Kier molecular flexibility index (Phi) is 2.73. The number of amides is 1. The summed E-state index contributed by atoms with van der Waals surface area (Å²) in [6.45, 7) is 3.90. The normalized spacial score (nSPS) is 25.9. The first kappa shape index (κ1) is 11.9. The van der Waals surface area contributed by atoms with E-state index in [1.807, 2.05) is 29.3 Å². The molecule has 5 nitrogen and oxygen atoms in total. The summed E-state index contributed by atoms with van der Waals surface area (Å²) < 4.78 is 1.76. The Morgan fingerprint density at radius 1 is 1.30 bits per heavy atom. The molecule has 0 radical (unpaired) electrons.